The van der Waals surface area contributed by atoms with Crippen LogP contribution in [-0.4, -0.2) is 18.4 Å². The number of halogens is 1. The normalized spacial score (nSPS) is 11.6. The number of hydrogen-bond acceptors (Lipinski definition) is 4. The van der Waals surface area contributed by atoms with Crippen LogP contribution in [0.25, 0.3) is 0 Å². The molecule has 0 radical (unpaired) electrons. The molecule has 0 aromatic heterocycles. The summed E-state index contributed by atoms with van der Waals surface area (Å²) in [5.41, 5.74) is 3.03. The van der Waals surface area contributed by atoms with Gasteiger partial charge in [-0.25, -0.2) is 9.18 Å². The Morgan fingerprint density at radius 3 is 2.07 bits per heavy atom. The van der Waals surface area contributed by atoms with Crippen LogP contribution in [-0.2, 0) is 9.53 Å². The van der Waals surface area contributed by atoms with E-state index in [0.717, 1.165) is 11.1 Å². The lowest BCUT2D eigenvalue weighted by atomic mass is 9.98. The fourth-order valence-electron chi connectivity index (χ4n) is 2.75. The van der Waals surface area contributed by atoms with Crippen LogP contribution in [0.4, 0.5) is 4.39 Å². The number of carbonyl (C=O) groups excluding carboxylic acids is 2. The summed E-state index contributed by atoms with van der Waals surface area (Å²) in [6.07, 6.45) is -1.12. The molecule has 29 heavy (non-hydrogen) atoms. The van der Waals surface area contributed by atoms with Gasteiger partial charge in [0.05, 0.1) is 0 Å². The lowest BCUT2D eigenvalue weighted by Gasteiger charge is -2.18. The molecule has 0 N–H and O–H groups in total. The lowest BCUT2D eigenvalue weighted by Crippen LogP contribution is -2.24. The number of para-hydroxylation sites is 1. The summed E-state index contributed by atoms with van der Waals surface area (Å²) in [5, 5.41) is 0. The Morgan fingerprint density at radius 2 is 1.45 bits per heavy atom. The maximum absolute atomic E-state index is 13.7. The standard InChI is InChI=1S/C24H21FO4/c1-16-7-11-18(12-8-16)23(27)24(19-13-9-17(2)10-14-19)29-22(26)15-28-21-6-4-3-5-20(21)25/h3-14,24H,15H2,1-2H3/t24-/m1/s1. The van der Waals surface area contributed by atoms with Crippen molar-refractivity contribution in [2.45, 2.75) is 20.0 Å². The van der Waals surface area contributed by atoms with E-state index in [1.807, 2.05) is 38.1 Å². The zero-order chi connectivity index (χ0) is 20.8. The third-order valence-corrected chi connectivity index (χ3v) is 4.39. The SMILES string of the molecule is Cc1ccc(C(=O)[C@H](OC(=O)COc2ccccc2F)c2ccc(C)cc2)cc1. The molecular formula is C24H21FO4. The van der Waals surface area contributed by atoms with Gasteiger partial charge >= 0.3 is 5.97 Å². The highest BCUT2D eigenvalue weighted by Gasteiger charge is 2.26. The van der Waals surface area contributed by atoms with E-state index in [9.17, 15) is 14.0 Å². The van der Waals surface area contributed by atoms with Crippen molar-refractivity contribution in [1.29, 1.82) is 0 Å². The highest BCUT2D eigenvalue weighted by atomic mass is 19.1. The molecular weight excluding hydrogens is 371 g/mol. The van der Waals surface area contributed by atoms with Gasteiger partial charge in [-0.1, -0.05) is 71.8 Å². The molecule has 0 spiro atoms. The second-order valence-electron chi connectivity index (χ2n) is 6.73. The van der Waals surface area contributed by atoms with E-state index in [2.05, 4.69) is 0 Å². The van der Waals surface area contributed by atoms with Gasteiger partial charge in [-0.15, -0.1) is 0 Å². The number of hydrogen-bond donors (Lipinski definition) is 0. The predicted molar refractivity (Wildman–Crippen MR) is 107 cm³/mol. The second kappa shape index (κ2) is 9.15. The van der Waals surface area contributed by atoms with Crippen molar-refractivity contribution in [2.75, 3.05) is 6.61 Å². The zero-order valence-corrected chi connectivity index (χ0v) is 16.2. The van der Waals surface area contributed by atoms with Gasteiger partial charge in [0.15, 0.2) is 24.3 Å². The van der Waals surface area contributed by atoms with Crippen LogP contribution in [0, 0.1) is 19.7 Å². The van der Waals surface area contributed by atoms with E-state index in [0.29, 0.717) is 11.1 Å². The smallest absolute Gasteiger partial charge is 0.345 e. The molecule has 5 heteroatoms. The Bertz CT molecular complexity index is 994. The molecule has 0 saturated heterocycles. The van der Waals surface area contributed by atoms with E-state index < -0.39 is 24.5 Å². The Morgan fingerprint density at radius 1 is 0.862 bits per heavy atom. The largest absolute Gasteiger partial charge is 0.479 e. The summed E-state index contributed by atoms with van der Waals surface area (Å²) in [7, 11) is 0. The third kappa shape index (κ3) is 5.29. The summed E-state index contributed by atoms with van der Waals surface area (Å²) < 4.78 is 24.3. The van der Waals surface area contributed by atoms with Crippen molar-refractivity contribution in [3.8, 4) is 5.75 Å². The van der Waals surface area contributed by atoms with Crippen LogP contribution in [0.2, 0.25) is 0 Å². The number of benzene rings is 3. The van der Waals surface area contributed by atoms with Gasteiger partial charge in [-0.05, 0) is 26.0 Å². The van der Waals surface area contributed by atoms with Gasteiger partial charge in [0.1, 0.15) is 0 Å². The van der Waals surface area contributed by atoms with Crippen molar-refractivity contribution < 1.29 is 23.5 Å². The van der Waals surface area contributed by atoms with Crippen molar-refractivity contribution in [3.05, 3.63) is 101 Å². The first-order valence-electron chi connectivity index (χ1n) is 9.18. The van der Waals surface area contributed by atoms with Crippen LogP contribution in [0.5, 0.6) is 5.75 Å². The van der Waals surface area contributed by atoms with Crippen molar-refractivity contribution in [1.82, 2.24) is 0 Å². The minimum absolute atomic E-state index is 0.0544. The number of carbonyl (C=O) groups is 2. The average molecular weight is 392 g/mol. The third-order valence-electron chi connectivity index (χ3n) is 4.39. The number of aryl methyl sites for hydroxylation is 2. The van der Waals surface area contributed by atoms with Crippen molar-refractivity contribution in [3.63, 3.8) is 0 Å². The second-order valence-corrected chi connectivity index (χ2v) is 6.73. The zero-order valence-electron chi connectivity index (χ0n) is 16.2. The van der Waals surface area contributed by atoms with E-state index in [1.165, 1.54) is 18.2 Å². The van der Waals surface area contributed by atoms with E-state index in [1.54, 1.807) is 30.3 Å². The van der Waals surface area contributed by atoms with Crippen LogP contribution in [0.3, 0.4) is 0 Å². The summed E-state index contributed by atoms with van der Waals surface area (Å²) >= 11 is 0. The predicted octanol–water partition coefficient (Wildman–Crippen LogP) is 4.99. The van der Waals surface area contributed by atoms with Crippen LogP contribution >= 0.6 is 0 Å². The monoisotopic (exact) mass is 392 g/mol. The van der Waals surface area contributed by atoms with Crippen LogP contribution in [0.1, 0.15) is 33.2 Å². The molecule has 0 aliphatic carbocycles. The van der Waals surface area contributed by atoms with E-state index in [-0.39, 0.29) is 11.5 Å². The molecule has 3 aromatic carbocycles. The highest BCUT2D eigenvalue weighted by Crippen LogP contribution is 2.24. The summed E-state index contributed by atoms with van der Waals surface area (Å²) in [6, 6.07) is 20.0. The summed E-state index contributed by atoms with van der Waals surface area (Å²) in [5.74, 6) is -1.74. The maximum atomic E-state index is 13.7. The van der Waals surface area contributed by atoms with Gasteiger partial charge in [-0.3, -0.25) is 4.79 Å². The quantitative estimate of drug-likeness (QED) is 0.420. The molecule has 0 amide bonds. The Hall–Kier alpha value is -3.47. The topological polar surface area (TPSA) is 52.6 Å². The molecule has 0 heterocycles. The summed E-state index contributed by atoms with van der Waals surface area (Å²) in [6.45, 7) is 3.34. The average Bonchev–Trinajstić information content (AvgIpc) is 2.72. The van der Waals surface area contributed by atoms with Crippen LogP contribution in [0.15, 0.2) is 72.8 Å². The number of esters is 1. The molecule has 0 aliphatic rings. The minimum atomic E-state index is -1.12. The van der Waals surface area contributed by atoms with Gasteiger partial charge in [0.2, 0.25) is 5.78 Å². The first-order valence-corrected chi connectivity index (χ1v) is 9.18. The first kappa shape index (κ1) is 20.3. The van der Waals surface area contributed by atoms with E-state index in [4.69, 9.17) is 9.47 Å². The number of ketones is 1. The molecule has 1 atom stereocenters. The molecule has 0 aliphatic heterocycles. The Labute approximate surface area is 168 Å². The van der Waals surface area contributed by atoms with Gasteiger partial charge in [0, 0.05) is 11.1 Å². The van der Waals surface area contributed by atoms with Crippen LogP contribution < -0.4 is 4.74 Å². The molecule has 3 aromatic rings. The van der Waals surface area contributed by atoms with Gasteiger partial charge in [0.25, 0.3) is 0 Å². The number of Topliss-reactive ketones (excluding diaryl/α,β-unsaturated/α-hetero) is 1. The fraction of sp³-hybridized carbons (Fsp3) is 0.167. The molecule has 148 valence electrons. The van der Waals surface area contributed by atoms with Gasteiger partial charge < -0.3 is 9.47 Å². The van der Waals surface area contributed by atoms with Gasteiger partial charge in [-0.2, -0.15) is 0 Å². The lowest BCUT2D eigenvalue weighted by molar-refractivity contribution is -0.149. The fourth-order valence-corrected chi connectivity index (χ4v) is 2.75. The molecule has 4 nitrogen and oxygen atoms in total. The highest BCUT2D eigenvalue weighted by molar-refractivity contribution is 6.01. The molecule has 3 rings (SSSR count). The molecule has 0 bridgehead atoms. The molecule has 0 saturated carbocycles. The maximum Gasteiger partial charge on any atom is 0.345 e. The Kier molecular flexibility index (Phi) is 6.39. The minimum Gasteiger partial charge on any atom is -0.479 e. The summed E-state index contributed by atoms with van der Waals surface area (Å²) in [4.78, 5) is 25.4. The molecule has 0 unspecified atom stereocenters. The molecule has 0 fully saturated rings. The first-order chi connectivity index (χ1) is 13.9. The van der Waals surface area contributed by atoms with Crippen molar-refractivity contribution in [2.24, 2.45) is 0 Å². The Balaban J connectivity index is 1.78. The van der Waals surface area contributed by atoms with E-state index >= 15 is 0 Å². The van der Waals surface area contributed by atoms with Crippen molar-refractivity contribution >= 4 is 11.8 Å². The number of ether oxygens (including phenoxy) is 2. The number of rotatable bonds is 7.